The van der Waals surface area contributed by atoms with E-state index in [4.69, 9.17) is 37.6 Å². The predicted molar refractivity (Wildman–Crippen MR) is 175 cm³/mol. The lowest BCUT2D eigenvalue weighted by Crippen LogP contribution is -2.65. The SMILES string of the molecule is COc1cc(-c2cc(=O)c3c(O)cc(OC4OC(COC5OC(C)C(O)C(O)C5O)C(O)C(O)C4OC4OC(C)C(O)C(O)C4O)cc3o2)ccc1O. The molecule has 3 aliphatic rings. The van der Waals surface area contributed by atoms with E-state index in [2.05, 4.69) is 0 Å². The number of ether oxygens (including phenoxy) is 7. The standard InChI is InChI=1S/C34H42O19/c1-11-23(38)26(41)29(44)32(48-11)47-10-21-25(40)28(43)31(53-33-30(45)27(42)24(39)12(2)49-33)34(52-21)50-14-7-16(36)22-17(37)9-18(51-20(22)8-14)13-4-5-15(35)19(6-13)46-3/h4-9,11-12,21,23-36,38-45H,10H2,1-3H3. The van der Waals surface area contributed by atoms with Gasteiger partial charge in [-0.05, 0) is 32.0 Å². The smallest absolute Gasteiger partial charge is 0.229 e. The molecule has 3 aliphatic heterocycles. The summed E-state index contributed by atoms with van der Waals surface area (Å²) >= 11 is 0. The first-order chi connectivity index (χ1) is 25.1. The Balaban J connectivity index is 1.31. The Bertz CT molecular complexity index is 1800. The molecule has 3 aromatic rings. The molecule has 15 atom stereocenters. The molecule has 0 spiro atoms. The molecule has 53 heavy (non-hydrogen) atoms. The average molecular weight is 755 g/mol. The molecule has 0 saturated carbocycles. The number of hydrogen-bond acceptors (Lipinski definition) is 19. The Labute approximate surface area is 300 Å². The predicted octanol–water partition coefficient (Wildman–Crippen LogP) is -2.24. The Morgan fingerprint density at radius 1 is 0.679 bits per heavy atom. The van der Waals surface area contributed by atoms with Crippen LogP contribution in [0.3, 0.4) is 0 Å². The first-order valence-electron chi connectivity index (χ1n) is 16.6. The van der Waals surface area contributed by atoms with E-state index in [9.17, 15) is 55.9 Å². The molecule has 0 amide bonds. The van der Waals surface area contributed by atoms with Gasteiger partial charge in [-0.3, -0.25) is 4.79 Å². The van der Waals surface area contributed by atoms with Crippen LogP contribution in [-0.2, 0) is 23.7 Å². The number of phenols is 2. The third-order valence-electron chi connectivity index (χ3n) is 9.48. The van der Waals surface area contributed by atoms with Crippen molar-refractivity contribution in [3.63, 3.8) is 0 Å². The van der Waals surface area contributed by atoms with Gasteiger partial charge in [0.2, 0.25) is 6.29 Å². The Hall–Kier alpha value is -3.67. The van der Waals surface area contributed by atoms with Gasteiger partial charge < -0.3 is 88.6 Å². The zero-order valence-electron chi connectivity index (χ0n) is 28.5. The van der Waals surface area contributed by atoms with Crippen LogP contribution in [0, 0.1) is 0 Å². The summed E-state index contributed by atoms with van der Waals surface area (Å²) in [6.07, 6.45) is -23.6. The number of rotatable bonds is 9. The van der Waals surface area contributed by atoms with Crippen LogP contribution in [0.4, 0.5) is 0 Å². The van der Waals surface area contributed by atoms with Gasteiger partial charge in [0, 0.05) is 23.8 Å². The molecule has 3 saturated heterocycles. The Kier molecular flexibility index (Phi) is 11.5. The lowest BCUT2D eigenvalue weighted by molar-refractivity contribution is -0.360. The quantitative estimate of drug-likeness (QED) is 0.110. The van der Waals surface area contributed by atoms with Gasteiger partial charge in [-0.15, -0.1) is 0 Å². The highest BCUT2D eigenvalue weighted by molar-refractivity contribution is 5.86. The molecule has 1 aromatic heterocycles. The first-order valence-corrected chi connectivity index (χ1v) is 16.6. The van der Waals surface area contributed by atoms with Crippen LogP contribution < -0.4 is 14.9 Å². The molecule has 2 aromatic carbocycles. The fourth-order valence-corrected chi connectivity index (χ4v) is 6.32. The van der Waals surface area contributed by atoms with E-state index in [-0.39, 0.29) is 34.0 Å². The van der Waals surface area contributed by atoms with E-state index < -0.39 is 110 Å². The Morgan fingerprint density at radius 2 is 1.32 bits per heavy atom. The van der Waals surface area contributed by atoms with Crippen molar-refractivity contribution >= 4 is 11.0 Å². The first kappa shape index (κ1) is 39.0. The number of aliphatic hydroxyl groups excluding tert-OH is 8. The maximum Gasteiger partial charge on any atom is 0.229 e. The summed E-state index contributed by atoms with van der Waals surface area (Å²) in [7, 11) is 1.34. The van der Waals surface area contributed by atoms with Crippen molar-refractivity contribution in [3.8, 4) is 34.3 Å². The monoisotopic (exact) mass is 754 g/mol. The number of aromatic hydroxyl groups is 2. The molecule has 6 rings (SSSR count). The van der Waals surface area contributed by atoms with Gasteiger partial charge in [0.15, 0.2) is 35.6 Å². The van der Waals surface area contributed by atoms with Gasteiger partial charge in [-0.25, -0.2) is 0 Å². The number of hydrogen-bond donors (Lipinski definition) is 10. The second kappa shape index (κ2) is 15.6. The van der Waals surface area contributed by atoms with Crippen LogP contribution in [0.25, 0.3) is 22.3 Å². The number of aliphatic hydroxyl groups is 8. The number of methoxy groups -OCH3 is 1. The van der Waals surface area contributed by atoms with Crippen molar-refractivity contribution in [3.05, 3.63) is 46.6 Å². The lowest BCUT2D eigenvalue weighted by Gasteiger charge is -2.46. The van der Waals surface area contributed by atoms with Crippen LogP contribution in [0.15, 0.2) is 45.6 Å². The highest BCUT2D eigenvalue weighted by atomic mass is 16.8. The summed E-state index contributed by atoms with van der Waals surface area (Å²) in [6.45, 7) is 2.23. The van der Waals surface area contributed by atoms with Crippen molar-refractivity contribution in [2.75, 3.05) is 13.7 Å². The molecule has 4 heterocycles. The van der Waals surface area contributed by atoms with E-state index in [1.165, 1.54) is 45.2 Å². The minimum Gasteiger partial charge on any atom is -0.507 e. The molecular formula is C34H42O19. The van der Waals surface area contributed by atoms with E-state index in [1.807, 2.05) is 0 Å². The fraction of sp³-hybridized carbons (Fsp3) is 0.559. The molecule has 19 heteroatoms. The minimum absolute atomic E-state index is 0.0283. The van der Waals surface area contributed by atoms with Crippen molar-refractivity contribution < 1.29 is 88.6 Å². The van der Waals surface area contributed by atoms with Gasteiger partial charge in [0.1, 0.15) is 83.2 Å². The van der Waals surface area contributed by atoms with Crippen molar-refractivity contribution in [1.29, 1.82) is 0 Å². The molecule has 0 radical (unpaired) electrons. The highest BCUT2D eigenvalue weighted by Crippen LogP contribution is 2.37. The second-order valence-corrected chi connectivity index (χ2v) is 13.1. The number of phenolic OH excluding ortho intramolecular Hbond substituents is 2. The van der Waals surface area contributed by atoms with Crippen molar-refractivity contribution in [1.82, 2.24) is 0 Å². The number of fused-ring (bicyclic) bond motifs is 1. The normalized spacial score (nSPS) is 37.8. The minimum atomic E-state index is -1.90. The molecular weight excluding hydrogens is 712 g/mol. The zero-order chi connectivity index (χ0) is 38.5. The summed E-state index contributed by atoms with van der Waals surface area (Å²) in [5, 5.41) is 105. The van der Waals surface area contributed by atoms with E-state index in [0.29, 0.717) is 5.56 Å². The summed E-state index contributed by atoms with van der Waals surface area (Å²) in [5.74, 6) is -0.828. The van der Waals surface area contributed by atoms with Crippen LogP contribution in [-0.4, -0.2) is 157 Å². The van der Waals surface area contributed by atoms with Crippen LogP contribution in [0.1, 0.15) is 13.8 Å². The summed E-state index contributed by atoms with van der Waals surface area (Å²) in [5.41, 5.74) is -0.469. The van der Waals surface area contributed by atoms with Gasteiger partial charge in [0.05, 0.1) is 25.9 Å². The third kappa shape index (κ3) is 7.67. The van der Waals surface area contributed by atoms with Gasteiger partial charge >= 0.3 is 0 Å². The molecule has 15 unspecified atom stereocenters. The summed E-state index contributed by atoms with van der Waals surface area (Å²) in [4.78, 5) is 13.1. The molecule has 3 fully saturated rings. The van der Waals surface area contributed by atoms with E-state index in [0.717, 1.165) is 12.1 Å². The lowest BCUT2D eigenvalue weighted by atomic mass is 9.97. The van der Waals surface area contributed by atoms with Crippen molar-refractivity contribution in [2.45, 2.75) is 106 Å². The third-order valence-corrected chi connectivity index (χ3v) is 9.48. The molecule has 292 valence electrons. The summed E-state index contributed by atoms with van der Waals surface area (Å²) < 4.78 is 45.4. The summed E-state index contributed by atoms with van der Waals surface area (Å²) in [6, 6.07) is 7.60. The van der Waals surface area contributed by atoms with Crippen molar-refractivity contribution in [2.24, 2.45) is 0 Å². The molecule has 0 bridgehead atoms. The molecule has 19 nitrogen and oxygen atoms in total. The average Bonchev–Trinajstić information content (AvgIpc) is 3.12. The van der Waals surface area contributed by atoms with Crippen LogP contribution in [0.2, 0.25) is 0 Å². The zero-order valence-corrected chi connectivity index (χ0v) is 28.5. The fourth-order valence-electron chi connectivity index (χ4n) is 6.32. The van der Waals surface area contributed by atoms with Crippen LogP contribution >= 0.6 is 0 Å². The second-order valence-electron chi connectivity index (χ2n) is 13.1. The highest BCUT2D eigenvalue weighted by Gasteiger charge is 2.52. The van der Waals surface area contributed by atoms with Gasteiger partial charge in [-0.2, -0.15) is 0 Å². The van der Waals surface area contributed by atoms with E-state index >= 15 is 0 Å². The van der Waals surface area contributed by atoms with Gasteiger partial charge in [0.25, 0.3) is 0 Å². The molecule has 0 aliphatic carbocycles. The Morgan fingerprint density at radius 3 is 1.98 bits per heavy atom. The van der Waals surface area contributed by atoms with Crippen LogP contribution in [0.5, 0.6) is 23.0 Å². The number of benzene rings is 2. The van der Waals surface area contributed by atoms with Gasteiger partial charge in [-0.1, -0.05) is 0 Å². The maximum absolute atomic E-state index is 13.1. The maximum atomic E-state index is 13.1. The topological polar surface area (TPSA) is 297 Å². The molecule has 10 N–H and O–H groups in total. The van der Waals surface area contributed by atoms with E-state index in [1.54, 1.807) is 0 Å². The largest absolute Gasteiger partial charge is 0.507 e.